The maximum absolute atomic E-state index is 5.69. The second kappa shape index (κ2) is 4.12. The van der Waals surface area contributed by atoms with E-state index in [1.54, 1.807) is 6.61 Å². The highest BCUT2D eigenvalue weighted by atomic mass is 16.5. The van der Waals surface area contributed by atoms with E-state index in [2.05, 4.69) is 0 Å². The number of hydrogen-bond donors (Lipinski definition) is 1. The first kappa shape index (κ1) is 9.07. The van der Waals surface area contributed by atoms with E-state index in [4.69, 9.17) is 10.5 Å². The zero-order chi connectivity index (χ0) is 8.97. The van der Waals surface area contributed by atoms with E-state index in [1.165, 1.54) is 0 Å². The van der Waals surface area contributed by atoms with Crippen LogP contribution >= 0.6 is 0 Å². The van der Waals surface area contributed by atoms with Crippen LogP contribution in [-0.2, 0) is 0 Å². The van der Waals surface area contributed by atoms with Crippen LogP contribution in [0.2, 0.25) is 0 Å². The third kappa shape index (κ3) is 2.24. The minimum Gasteiger partial charge on any atom is -0.487 e. The summed E-state index contributed by atoms with van der Waals surface area (Å²) in [5.74, 6) is 0.849. The standard InChI is InChI=1S/C10H14NO/c1-3-12-10-6-4-9(5-7-10)8(2)11/h3-8H,11H2,1-2H3. The fourth-order valence-electron chi connectivity index (χ4n) is 0.986. The van der Waals surface area contributed by atoms with E-state index < -0.39 is 0 Å². The molecule has 0 fully saturated rings. The van der Waals surface area contributed by atoms with Gasteiger partial charge in [-0.2, -0.15) is 0 Å². The molecule has 0 spiro atoms. The Balaban J connectivity index is 2.71. The summed E-state index contributed by atoms with van der Waals surface area (Å²) in [6.45, 7) is 5.46. The van der Waals surface area contributed by atoms with E-state index >= 15 is 0 Å². The highest BCUT2D eigenvalue weighted by Crippen LogP contribution is 2.16. The first-order valence-corrected chi connectivity index (χ1v) is 4.04. The Morgan fingerprint density at radius 2 is 1.92 bits per heavy atom. The quantitative estimate of drug-likeness (QED) is 0.743. The normalized spacial score (nSPS) is 12.6. The fraction of sp³-hybridized carbons (Fsp3) is 0.300. The van der Waals surface area contributed by atoms with Gasteiger partial charge in [0.05, 0.1) is 0 Å². The Bertz CT molecular complexity index is 228. The van der Waals surface area contributed by atoms with Gasteiger partial charge in [0, 0.05) is 6.04 Å². The van der Waals surface area contributed by atoms with Gasteiger partial charge in [0.15, 0.2) is 0 Å². The lowest BCUT2D eigenvalue weighted by Gasteiger charge is -2.06. The number of nitrogens with two attached hydrogens (primary N) is 1. The molecule has 0 aliphatic rings. The molecular weight excluding hydrogens is 150 g/mol. The topological polar surface area (TPSA) is 35.2 Å². The van der Waals surface area contributed by atoms with Gasteiger partial charge in [-0.25, -0.2) is 0 Å². The highest BCUT2D eigenvalue weighted by Gasteiger charge is 1.98. The van der Waals surface area contributed by atoms with Crippen LogP contribution in [0.3, 0.4) is 0 Å². The molecule has 0 aliphatic heterocycles. The largest absolute Gasteiger partial charge is 0.487 e. The van der Waals surface area contributed by atoms with Crippen molar-refractivity contribution in [2.75, 3.05) is 0 Å². The molecule has 2 heteroatoms. The summed E-state index contributed by atoms with van der Waals surface area (Å²) >= 11 is 0. The molecule has 1 aromatic carbocycles. The molecule has 0 heterocycles. The third-order valence-electron chi connectivity index (χ3n) is 1.66. The lowest BCUT2D eigenvalue weighted by molar-refractivity contribution is 0.416. The zero-order valence-electron chi connectivity index (χ0n) is 7.45. The number of ether oxygens (including phenoxy) is 1. The van der Waals surface area contributed by atoms with Gasteiger partial charge in [-0.1, -0.05) is 12.1 Å². The van der Waals surface area contributed by atoms with Gasteiger partial charge in [-0.05, 0) is 31.5 Å². The first-order chi connectivity index (χ1) is 5.74. The molecule has 1 atom stereocenters. The van der Waals surface area contributed by atoms with E-state index in [0.29, 0.717) is 0 Å². The van der Waals surface area contributed by atoms with Crippen LogP contribution in [0.25, 0.3) is 0 Å². The Kier molecular flexibility index (Phi) is 3.11. The molecule has 1 rings (SSSR count). The summed E-state index contributed by atoms with van der Waals surface area (Å²) in [6.07, 6.45) is 0. The maximum Gasteiger partial charge on any atom is 0.132 e. The summed E-state index contributed by atoms with van der Waals surface area (Å²) < 4.78 is 5.17. The molecule has 0 saturated heterocycles. The summed E-state index contributed by atoms with van der Waals surface area (Å²) in [6, 6.07) is 7.87. The summed E-state index contributed by atoms with van der Waals surface area (Å²) in [5.41, 5.74) is 6.81. The average molecular weight is 164 g/mol. The second-order valence-corrected chi connectivity index (χ2v) is 2.71. The van der Waals surface area contributed by atoms with E-state index in [0.717, 1.165) is 11.3 Å². The lowest BCUT2D eigenvalue weighted by atomic mass is 10.1. The van der Waals surface area contributed by atoms with Crippen LogP contribution in [0.5, 0.6) is 5.75 Å². The predicted octanol–water partition coefficient (Wildman–Crippen LogP) is 2.27. The van der Waals surface area contributed by atoms with Crippen LogP contribution in [0.1, 0.15) is 25.5 Å². The van der Waals surface area contributed by atoms with E-state index in [-0.39, 0.29) is 6.04 Å². The molecule has 0 saturated carbocycles. The van der Waals surface area contributed by atoms with Crippen LogP contribution in [0, 0.1) is 6.61 Å². The summed E-state index contributed by atoms with van der Waals surface area (Å²) in [5, 5.41) is 0. The van der Waals surface area contributed by atoms with Crippen molar-refractivity contribution < 1.29 is 4.74 Å². The Morgan fingerprint density at radius 3 is 2.33 bits per heavy atom. The lowest BCUT2D eigenvalue weighted by Crippen LogP contribution is -2.04. The molecule has 65 valence electrons. The molecule has 1 unspecified atom stereocenters. The van der Waals surface area contributed by atoms with Crippen LogP contribution in [-0.4, -0.2) is 0 Å². The zero-order valence-corrected chi connectivity index (χ0v) is 7.45. The van der Waals surface area contributed by atoms with Gasteiger partial charge in [0.2, 0.25) is 0 Å². The van der Waals surface area contributed by atoms with Crippen molar-refractivity contribution in [2.24, 2.45) is 5.73 Å². The summed E-state index contributed by atoms with van der Waals surface area (Å²) in [4.78, 5) is 0. The Labute approximate surface area is 73.3 Å². The smallest absolute Gasteiger partial charge is 0.132 e. The van der Waals surface area contributed by atoms with Crippen molar-refractivity contribution in [1.82, 2.24) is 0 Å². The monoisotopic (exact) mass is 164 g/mol. The molecule has 1 radical (unpaired) electrons. The minimum atomic E-state index is 0.0876. The van der Waals surface area contributed by atoms with Crippen molar-refractivity contribution in [1.29, 1.82) is 0 Å². The maximum atomic E-state index is 5.69. The third-order valence-corrected chi connectivity index (χ3v) is 1.66. The fourth-order valence-corrected chi connectivity index (χ4v) is 0.986. The first-order valence-electron chi connectivity index (χ1n) is 4.04. The SMILES string of the molecule is C[CH]Oc1ccc(C(C)N)cc1. The van der Waals surface area contributed by atoms with Gasteiger partial charge in [-0.3, -0.25) is 0 Å². The van der Waals surface area contributed by atoms with Gasteiger partial charge in [0.25, 0.3) is 0 Å². The predicted molar refractivity (Wildman–Crippen MR) is 49.6 cm³/mol. The van der Waals surface area contributed by atoms with Crippen LogP contribution in [0.4, 0.5) is 0 Å². The van der Waals surface area contributed by atoms with Crippen molar-refractivity contribution >= 4 is 0 Å². The van der Waals surface area contributed by atoms with Crippen molar-refractivity contribution in [2.45, 2.75) is 19.9 Å². The Morgan fingerprint density at radius 1 is 1.33 bits per heavy atom. The second-order valence-electron chi connectivity index (χ2n) is 2.71. The van der Waals surface area contributed by atoms with Crippen LogP contribution in [0.15, 0.2) is 24.3 Å². The van der Waals surface area contributed by atoms with Gasteiger partial charge in [-0.15, -0.1) is 0 Å². The molecule has 1 aromatic rings. The van der Waals surface area contributed by atoms with Crippen molar-refractivity contribution in [3.63, 3.8) is 0 Å². The van der Waals surface area contributed by atoms with Gasteiger partial charge in [0.1, 0.15) is 12.4 Å². The molecule has 2 N–H and O–H groups in total. The number of benzene rings is 1. The van der Waals surface area contributed by atoms with Gasteiger partial charge >= 0.3 is 0 Å². The van der Waals surface area contributed by atoms with Gasteiger partial charge < -0.3 is 10.5 Å². The number of rotatable bonds is 3. The molecule has 0 aromatic heterocycles. The molecular formula is C10H14NO. The average Bonchev–Trinajstić information content (AvgIpc) is 2.06. The van der Waals surface area contributed by atoms with E-state index in [1.807, 2.05) is 38.1 Å². The molecule has 2 nitrogen and oxygen atoms in total. The highest BCUT2D eigenvalue weighted by molar-refractivity contribution is 5.28. The van der Waals surface area contributed by atoms with Crippen LogP contribution < -0.4 is 10.5 Å². The molecule has 0 amide bonds. The summed E-state index contributed by atoms with van der Waals surface area (Å²) in [7, 11) is 0. The van der Waals surface area contributed by atoms with Crippen molar-refractivity contribution in [3.05, 3.63) is 36.4 Å². The number of hydrogen-bond acceptors (Lipinski definition) is 2. The van der Waals surface area contributed by atoms with Crippen molar-refractivity contribution in [3.8, 4) is 5.75 Å². The van der Waals surface area contributed by atoms with E-state index in [9.17, 15) is 0 Å². The molecule has 0 aliphatic carbocycles. The minimum absolute atomic E-state index is 0.0876. The Hall–Kier alpha value is -1.02. The molecule has 0 bridgehead atoms. The molecule has 12 heavy (non-hydrogen) atoms.